The molecule has 0 unspecified atom stereocenters. The number of thioether (sulfide) groups is 1. The first-order chi connectivity index (χ1) is 11.2. The van der Waals surface area contributed by atoms with Crippen molar-refractivity contribution in [1.82, 2.24) is 15.1 Å². The molecule has 0 aromatic carbocycles. The summed E-state index contributed by atoms with van der Waals surface area (Å²) in [4.78, 5) is 8.70. The molecule has 2 atom stereocenters. The number of nitrogens with zero attached hydrogens (tertiary/aromatic N) is 3. The third-order valence-electron chi connectivity index (χ3n) is 4.45. The second-order valence-electron chi connectivity index (χ2n) is 6.24. The van der Waals surface area contributed by atoms with Crippen LogP contribution in [0.4, 0.5) is 5.82 Å². The normalized spacial score (nSPS) is 27.4. The van der Waals surface area contributed by atoms with E-state index in [4.69, 9.17) is 9.26 Å². The molecule has 2 fully saturated rings. The molecule has 0 bridgehead atoms. The third-order valence-corrected chi connectivity index (χ3v) is 5.67. The van der Waals surface area contributed by atoms with E-state index in [1.807, 2.05) is 30.8 Å². The number of rotatable bonds is 3. The molecule has 2 aromatic heterocycles. The Morgan fingerprint density at radius 1 is 1.43 bits per heavy atom. The van der Waals surface area contributed by atoms with Crippen LogP contribution in [0.25, 0.3) is 11.5 Å². The molecule has 0 radical (unpaired) electrons. The topological polar surface area (TPSA) is 73.1 Å². The van der Waals surface area contributed by atoms with Crippen molar-refractivity contribution < 1.29 is 9.26 Å². The molecule has 2 aliphatic heterocycles. The molecule has 2 aliphatic rings. The fourth-order valence-electron chi connectivity index (χ4n) is 3.28. The summed E-state index contributed by atoms with van der Waals surface area (Å²) in [6, 6.07) is 4.25. The lowest BCUT2D eigenvalue weighted by Gasteiger charge is -2.38. The van der Waals surface area contributed by atoms with Gasteiger partial charge in [-0.25, -0.2) is 4.98 Å². The van der Waals surface area contributed by atoms with Crippen molar-refractivity contribution in [2.45, 2.75) is 37.8 Å². The van der Waals surface area contributed by atoms with Crippen LogP contribution in [0, 0.1) is 6.92 Å². The molecule has 0 saturated carbocycles. The van der Waals surface area contributed by atoms with Crippen molar-refractivity contribution in [2.24, 2.45) is 0 Å². The Kier molecular flexibility index (Phi) is 3.98. The summed E-state index contributed by atoms with van der Waals surface area (Å²) in [5.41, 5.74) is 0.961. The third kappa shape index (κ3) is 3.21. The maximum Gasteiger partial charge on any atom is 0.258 e. The van der Waals surface area contributed by atoms with Crippen LogP contribution in [0.3, 0.4) is 0 Å². The van der Waals surface area contributed by atoms with Crippen LogP contribution in [0.15, 0.2) is 22.9 Å². The van der Waals surface area contributed by atoms with Gasteiger partial charge in [0.25, 0.3) is 5.89 Å². The highest BCUT2D eigenvalue weighted by Gasteiger charge is 2.40. The summed E-state index contributed by atoms with van der Waals surface area (Å²) >= 11 is 1.99. The lowest BCUT2D eigenvalue weighted by molar-refractivity contribution is -0.0628. The Morgan fingerprint density at radius 2 is 2.39 bits per heavy atom. The average Bonchev–Trinajstić information content (AvgIpc) is 3.17. The fourth-order valence-corrected chi connectivity index (χ4v) is 4.66. The maximum atomic E-state index is 6.08. The predicted octanol–water partition coefficient (Wildman–Crippen LogP) is 2.91. The number of aryl methyl sites for hydroxylation is 1. The Labute approximate surface area is 139 Å². The number of ether oxygens (including phenoxy) is 1. The number of anilines is 1. The summed E-state index contributed by atoms with van der Waals surface area (Å²) in [6.45, 7) is 2.63. The number of nitrogens with one attached hydrogen (secondary N) is 1. The molecule has 7 heteroatoms. The molecule has 1 N–H and O–H groups in total. The van der Waals surface area contributed by atoms with Crippen molar-refractivity contribution in [3.63, 3.8) is 0 Å². The zero-order valence-electron chi connectivity index (χ0n) is 13.1. The highest BCUT2D eigenvalue weighted by atomic mass is 32.2. The monoisotopic (exact) mass is 332 g/mol. The van der Waals surface area contributed by atoms with E-state index in [2.05, 4.69) is 20.4 Å². The first kappa shape index (κ1) is 15.0. The molecule has 23 heavy (non-hydrogen) atoms. The van der Waals surface area contributed by atoms with Crippen LogP contribution < -0.4 is 5.32 Å². The Hall–Kier alpha value is -1.60. The first-order valence-corrected chi connectivity index (χ1v) is 9.13. The number of aromatic nitrogens is 3. The minimum Gasteiger partial charge on any atom is -0.374 e. The van der Waals surface area contributed by atoms with Gasteiger partial charge < -0.3 is 14.6 Å². The first-order valence-electron chi connectivity index (χ1n) is 7.97. The molecule has 4 heterocycles. The van der Waals surface area contributed by atoms with Crippen molar-refractivity contribution in [2.75, 3.05) is 23.4 Å². The highest BCUT2D eigenvalue weighted by molar-refractivity contribution is 7.99. The van der Waals surface area contributed by atoms with Crippen molar-refractivity contribution in [3.05, 3.63) is 24.2 Å². The fraction of sp³-hybridized carbons (Fsp3) is 0.562. The maximum absolute atomic E-state index is 6.08. The molecule has 6 nitrogen and oxygen atoms in total. The van der Waals surface area contributed by atoms with Crippen LogP contribution in [0.2, 0.25) is 0 Å². The summed E-state index contributed by atoms with van der Waals surface area (Å²) < 4.78 is 11.3. The lowest BCUT2D eigenvalue weighted by Crippen LogP contribution is -2.44. The molecular formula is C16H20N4O2S. The lowest BCUT2D eigenvalue weighted by atomic mass is 9.90. The number of hydrogen-bond acceptors (Lipinski definition) is 7. The predicted molar refractivity (Wildman–Crippen MR) is 89.5 cm³/mol. The quantitative estimate of drug-likeness (QED) is 0.926. The molecule has 122 valence electrons. The van der Waals surface area contributed by atoms with E-state index in [0.29, 0.717) is 17.8 Å². The zero-order chi connectivity index (χ0) is 15.7. The van der Waals surface area contributed by atoms with Gasteiger partial charge >= 0.3 is 0 Å². The van der Waals surface area contributed by atoms with E-state index >= 15 is 0 Å². The second-order valence-corrected chi connectivity index (χ2v) is 7.35. The van der Waals surface area contributed by atoms with Crippen LogP contribution in [-0.2, 0) is 4.74 Å². The second kappa shape index (κ2) is 6.13. The van der Waals surface area contributed by atoms with Crippen LogP contribution >= 0.6 is 11.8 Å². The molecular weight excluding hydrogens is 312 g/mol. The van der Waals surface area contributed by atoms with E-state index in [0.717, 1.165) is 43.0 Å². The van der Waals surface area contributed by atoms with Gasteiger partial charge in [-0.3, -0.25) is 0 Å². The van der Waals surface area contributed by atoms with Crippen molar-refractivity contribution >= 4 is 17.6 Å². The van der Waals surface area contributed by atoms with Crippen LogP contribution in [0.5, 0.6) is 0 Å². The minimum atomic E-state index is 0.0712. The van der Waals surface area contributed by atoms with E-state index in [1.54, 1.807) is 6.20 Å². The van der Waals surface area contributed by atoms with Gasteiger partial charge in [0.15, 0.2) is 5.82 Å². The van der Waals surface area contributed by atoms with Gasteiger partial charge in [-0.05, 0) is 44.1 Å². The summed E-state index contributed by atoms with van der Waals surface area (Å²) in [5, 5.41) is 7.40. The standard InChI is InChI=1S/C16H20N4O2S/c1-11-18-15(22-20-11)12-2-5-17-14(8-12)19-13-3-6-21-16(9-13)4-7-23-10-16/h2,5,8,13H,3-4,6-7,9-10H2,1H3,(H,17,19)/t13-,16+/m0/s1. The summed E-state index contributed by atoms with van der Waals surface area (Å²) in [5.74, 6) is 4.34. The van der Waals surface area contributed by atoms with E-state index < -0.39 is 0 Å². The number of pyridine rings is 1. The molecule has 4 rings (SSSR count). The molecule has 0 amide bonds. The summed E-state index contributed by atoms with van der Waals surface area (Å²) in [6.07, 6.45) is 4.99. The van der Waals surface area contributed by atoms with Crippen molar-refractivity contribution in [1.29, 1.82) is 0 Å². The Morgan fingerprint density at radius 3 is 3.17 bits per heavy atom. The van der Waals surface area contributed by atoms with E-state index in [-0.39, 0.29) is 5.60 Å². The van der Waals surface area contributed by atoms with Gasteiger partial charge in [0.2, 0.25) is 0 Å². The van der Waals surface area contributed by atoms with Crippen LogP contribution in [-0.4, -0.2) is 44.9 Å². The largest absolute Gasteiger partial charge is 0.374 e. The van der Waals surface area contributed by atoms with Crippen LogP contribution in [0.1, 0.15) is 25.1 Å². The number of hydrogen-bond donors (Lipinski definition) is 1. The molecule has 2 saturated heterocycles. The zero-order valence-corrected chi connectivity index (χ0v) is 13.9. The smallest absolute Gasteiger partial charge is 0.258 e. The molecule has 1 spiro atoms. The molecule has 0 aliphatic carbocycles. The van der Waals surface area contributed by atoms with Gasteiger partial charge in [0, 0.05) is 30.2 Å². The minimum absolute atomic E-state index is 0.0712. The van der Waals surface area contributed by atoms with Crippen molar-refractivity contribution in [3.8, 4) is 11.5 Å². The van der Waals surface area contributed by atoms with Gasteiger partial charge in [0.05, 0.1) is 5.60 Å². The summed E-state index contributed by atoms with van der Waals surface area (Å²) in [7, 11) is 0. The SMILES string of the molecule is Cc1noc(-c2ccnc(N[C@H]3CCO[C@]4(CCSC4)C3)c2)n1. The van der Waals surface area contributed by atoms with Gasteiger partial charge in [0.1, 0.15) is 5.82 Å². The Bertz CT molecular complexity index is 684. The molecule has 2 aromatic rings. The van der Waals surface area contributed by atoms with E-state index in [9.17, 15) is 0 Å². The Balaban J connectivity index is 1.48. The average molecular weight is 332 g/mol. The van der Waals surface area contributed by atoms with E-state index in [1.165, 1.54) is 5.75 Å². The van der Waals surface area contributed by atoms with Gasteiger partial charge in [-0.1, -0.05) is 5.16 Å². The van der Waals surface area contributed by atoms with Gasteiger partial charge in [-0.15, -0.1) is 0 Å². The van der Waals surface area contributed by atoms with Gasteiger partial charge in [-0.2, -0.15) is 16.7 Å². The highest BCUT2D eigenvalue weighted by Crippen LogP contribution is 2.39.